The normalized spacial score (nSPS) is 25.9. The number of β-lactam (4-membered cyclic amide) rings is 1. The fraction of sp³-hybridized carbons (Fsp3) is 0.727. The Labute approximate surface area is 115 Å². The number of carboxylic acid groups (broad SMARTS) is 1. The molecule has 0 aromatic carbocycles. The molecular weight excluding hydrogens is 270 g/mol. The zero-order valence-corrected chi connectivity index (χ0v) is 11.0. The Morgan fingerprint density at radius 3 is 2.50 bits per heavy atom. The summed E-state index contributed by atoms with van der Waals surface area (Å²) in [6.45, 7) is 1.58. The molecule has 0 spiro atoms. The molecule has 0 aromatic rings. The van der Waals surface area contributed by atoms with Gasteiger partial charge in [0.05, 0.1) is 18.7 Å². The molecule has 1 rings (SSSR count). The van der Waals surface area contributed by atoms with Gasteiger partial charge < -0.3 is 31.7 Å². The standard InChI is InChI=1S/C11H19N3O6/c1-2-5(12)8(16)14-7(9(17)18)6(15)3-11(20)4-13-10(11)19/h5-7,15,20H,2-4,12H2,1H3,(H,13,19)(H,14,16)(H,17,18)/t5?,6-,7+,11+/m1/s1. The number of hydrogen-bond donors (Lipinski definition) is 6. The van der Waals surface area contributed by atoms with Gasteiger partial charge in [0.2, 0.25) is 5.91 Å². The summed E-state index contributed by atoms with van der Waals surface area (Å²) < 4.78 is 0. The van der Waals surface area contributed by atoms with E-state index in [9.17, 15) is 24.6 Å². The minimum Gasteiger partial charge on any atom is -0.480 e. The number of nitrogens with two attached hydrogens (primary N) is 1. The Morgan fingerprint density at radius 1 is 1.55 bits per heavy atom. The highest BCUT2D eigenvalue weighted by atomic mass is 16.4. The molecule has 0 aromatic heterocycles. The van der Waals surface area contributed by atoms with Gasteiger partial charge in [0.15, 0.2) is 11.6 Å². The zero-order valence-electron chi connectivity index (χ0n) is 11.0. The number of carbonyl (C=O) groups excluding carboxylic acids is 2. The van der Waals surface area contributed by atoms with Crippen LogP contribution in [-0.2, 0) is 14.4 Å². The van der Waals surface area contributed by atoms with Crippen LogP contribution in [-0.4, -0.2) is 63.4 Å². The number of nitrogens with one attached hydrogen (secondary N) is 2. The molecule has 114 valence electrons. The highest BCUT2D eigenvalue weighted by Crippen LogP contribution is 2.20. The maximum atomic E-state index is 11.6. The Hall–Kier alpha value is -1.71. The Kier molecular flexibility index (Phi) is 5.03. The predicted octanol–water partition coefficient (Wildman–Crippen LogP) is -3.09. The third-order valence-electron chi connectivity index (χ3n) is 3.24. The van der Waals surface area contributed by atoms with E-state index in [4.69, 9.17) is 10.8 Å². The first kappa shape index (κ1) is 16.3. The van der Waals surface area contributed by atoms with E-state index in [1.807, 2.05) is 0 Å². The van der Waals surface area contributed by atoms with Crippen molar-refractivity contribution in [3.8, 4) is 0 Å². The summed E-state index contributed by atoms with van der Waals surface area (Å²) in [5.41, 5.74) is 3.65. The van der Waals surface area contributed by atoms with Gasteiger partial charge in [-0.15, -0.1) is 0 Å². The molecule has 9 nitrogen and oxygen atoms in total. The van der Waals surface area contributed by atoms with Gasteiger partial charge in [-0.3, -0.25) is 9.59 Å². The summed E-state index contributed by atoms with van der Waals surface area (Å²) in [5.74, 6) is -2.88. The molecule has 0 saturated carbocycles. The first-order valence-corrected chi connectivity index (χ1v) is 6.18. The van der Waals surface area contributed by atoms with Gasteiger partial charge in [-0.1, -0.05) is 6.92 Å². The molecule has 1 aliphatic heterocycles. The maximum Gasteiger partial charge on any atom is 0.328 e. The molecule has 1 fully saturated rings. The molecule has 20 heavy (non-hydrogen) atoms. The van der Waals surface area contributed by atoms with Crippen molar-refractivity contribution < 1.29 is 29.7 Å². The lowest BCUT2D eigenvalue weighted by Crippen LogP contribution is -2.67. The molecule has 1 aliphatic rings. The van der Waals surface area contributed by atoms with Crippen molar-refractivity contribution in [2.75, 3.05) is 6.54 Å². The summed E-state index contributed by atoms with van der Waals surface area (Å²) in [6.07, 6.45) is -1.80. The Bertz CT molecular complexity index is 415. The number of β-amino-alcohol motifs (C(OH)–C–C–N with tert-alkyl or cyclic N) is 1. The lowest BCUT2D eigenvalue weighted by molar-refractivity contribution is -0.159. The second-order valence-corrected chi connectivity index (χ2v) is 4.82. The number of carbonyl (C=O) groups is 3. The quantitative estimate of drug-likeness (QED) is 0.270. The number of carboxylic acids is 1. The highest BCUT2D eigenvalue weighted by Gasteiger charge is 2.48. The van der Waals surface area contributed by atoms with E-state index >= 15 is 0 Å². The van der Waals surface area contributed by atoms with Crippen molar-refractivity contribution in [1.82, 2.24) is 10.6 Å². The lowest BCUT2D eigenvalue weighted by Gasteiger charge is -2.38. The van der Waals surface area contributed by atoms with Crippen molar-refractivity contribution in [2.24, 2.45) is 5.73 Å². The molecule has 1 heterocycles. The van der Waals surface area contributed by atoms with Crippen LogP contribution in [0.1, 0.15) is 19.8 Å². The molecule has 0 aliphatic carbocycles. The minimum absolute atomic E-state index is 0.0718. The Morgan fingerprint density at radius 2 is 2.15 bits per heavy atom. The molecule has 4 atom stereocenters. The van der Waals surface area contributed by atoms with Crippen LogP contribution in [0.15, 0.2) is 0 Å². The molecule has 0 radical (unpaired) electrons. The summed E-state index contributed by atoms with van der Waals surface area (Å²) in [5, 5.41) is 33.0. The van der Waals surface area contributed by atoms with Crippen molar-refractivity contribution in [3.63, 3.8) is 0 Å². The minimum atomic E-state index is -1.80. The van der Waals surface area contributed by atoms with E-state index in [1.54, 1.807) is 6.92 Å². The first-order valence-electron chi connectivity index (χ1n) is 6.18. The smallest absolute Gasteiger partial charge is 0.328 e. The fourth-order valence-corrected chi connectivity index (χ4v) is 1.76. The summed E-state index contributed by atoms with van der Waals surface area (Å²) in [6, 6.07) is -2.53. The third-order valence-corrected chi connectivity index (χ3v) is 3.24. The number of amides is 2. The van der Waals surface area contributed by atoms with E-state index in [0.717, 1.165) is 0 Å². The third kappa shape index (κ3) is 3.44. The van der Waals surface area contributed by atoms with Gasteiger partial charge in [0, 0.05) is 6.42 Å². The van der Waals surface area contributed by atoms with Crippen molar-refractivity contribution in [2.45, 2.75) is 43.6 Å². The van der Waals surface area contributed by atoms with E-state index in [2.05, 4.69) is 10.6 Å². The zero-order chi connectivity index (χ0) is 15.5. The van der Waals surface area contributed by atoms with E-state index in [1.165, 1.54) is 0 Å². The highest BCUT2D eigenvalue weighted by molar-refractivity contribution is 5.91. The van der Waals surface area contributed by atoms with Crippen molar-refractivity contribution in [3.05, 3.63) is 0 Å². The molecule has 7 N–H and O–H groups in total. The lowest BCUT2D eigenvalue weighted by atomic mass is 9.87. The van der Waals surface area contributed by atoms with Gasteiger partial charge in [-0.2, -0.15) is 0 Å². The van der Waals surface area contributed by atoms with Crippen LogP contribution in [0.4, 0.5) is 0 Å². The second-order valence-electron chi connectivity index (χ2n) is 4.82. The average molecular weight is 289 g/mol. The monoisotopic (exact) mass is 289 g/mol. The summed E-state index contributed by atoms with van der Waals surface area (Å²) in [7, 11) is 0. The number of aliphatic hydroxyl groups is 2. The predicted molar refractivity (Wildman–Crippen MR) is 66.4 cm³/mol. The maximum absolute atomic E-state index is 11.6. The van der Waals surface area contributed by atoms with Crippen molar-refractivity contribution >= 4 is 17.8 Å². The molecule has 2 amide bonds. The summed E-state index contributed by atoms with van der Waals surface area (Å²) >= 11 is 0. The number of aliphatic carboxylic acids is 1. The average Bonchev–Trinajstić information content (AvgIpc) is 2.40. The van der Waals surface area contributed by atoms with Crippen LogP contribution in [0, 0.1) is 0 Å². The van der Waals surface area contributed by atoms with Crippen LogP contribution >= 0.6 is 0 Å². The Balaban J connectivity index is 2.68. The van der Waals surface area contributed by atoms with Crippen LogP contribution in [0.25, 0.3) is 0 Å². The molecule has 1 unspecified atom stereocenters. The summed E-state index contributed by atoms with van der Waals surface area (Å²) in [4.78, 5) is 33.7. The number of rotatable bonds is 7. The largest absolute Gasteiger partial charge is 0.480 e. The SMILES string of the molecule is CCC(N)C(=O)N[C@H](C(=O)O)[C@H](O)C[C@]1(O)CNC1=O. The molecule has 9 heteroatoms. The van der Waals surface area contributed by atoms with Crippen LogP contribution in [0.3, 0.4) is 0 Å². The van der Waals surface area contributed by atoms with E-state index < -0.39 is 48.0 Å². The second kappa shape index (κ2) is 6.16. The molecule has 0 bridgehead atoms. The van der Waals surface area contributed by atoms with Gasteiger partial charge in [-0.25, -0.2) is 4.79 Å². The van der Waals surface area contributed by atoms with Crippen molar-refractivity contribution in [1.29, 1.82) is 0 Å². The number of hydrogen-bond acceptors (Lipinski definition) is 6. The topological polar surface area (TPSA) is 162 Å². The number of aliphatic hydroxyl groups excluding tert-OH is 1. The fourth-order valence-electron chi connectivity index (χ4n) is 1.76. The first-order chi connectivity index (χ1) is 9.21. The van der Waals surface area contributed by atoms with Crippen LogP contribution in [0.2, 0.25) is 0 Å². The van der Waals surface area contributed by atoms with E-state index in [-0.39, 0.29) is 6.54 Å². The van der Waals surface area contributed by atoms with Crippen LogP contribution in [0.5, 0.6) is 0 Å². The molecule has 1 saturated heterocycles. The van der Waals surface area contributed by atoms with Gasteiger partial charge in [0.25, 0.3) is 5.91 Å². The van der Waals surface area contributed by atoms with Crippen LogP contribution < -0.4 is 16.4 Å². The van der Waals surface area contributed by atoms with E-state index in [0.29, 0.717) is 6.42 Å². The molecular formula is C11H19N3O6. The van der Waals surface area contributed by atoms with Gasteiger partial charge in [0.1, 0.15) is 0 Å². The van der Waals surface area contributed by atoms with Gasteiger partial charge in [-0.05, 0) is 6.42 Å². The van der Waals surface area contributed by atoms with Gasteiger partial charge >= 0.3 is 5.97 Å².